The van der Waals surface area contributed by atoms with E-state index in [9.17, 15) is 4.79 Å². The third kappa shape index (κ3) is 4.40. The van der Waals surface area contributed by atoms with E-state index in [4.69, 9.17) is 5.73 Å². The topological polar surface area (TPSA) is 68.0 Å². The van der Waals surface area contributed by atoms with Gasteiger partial charge in [0.05, 0.1) is 5.69 Å². The summed E-state index contributed by atoms with van der Waals surface area (Å²) < 4.78 is 0. The molecule has 0 spiro atoms. The smallest absolute Gasteiger partial charge is 0.217 e. The van der Waals surface area contributed by atoms with Crippen molar-refractivity contribution in [1.29, 1.82) is 0 Å². The zero-order chi connectivity index (χ0) is 11.3. The number of aromatic nitrogens is 1. The lowest BCUT2D eigenvalue weighted by Crippen LogP contribution is -2.18. The molecule has 0 bridgehead atoms. The molecular weight excluding hydrogens is 210 g/mol. The summed E-state index contributed by atoms with van der Waals surface area (Å²) in [5.41, 5.74) is 6.14. The molecule has 1 aromatic rings. The maximum Gasteiger partial charge on any atom is 0.217 e. The Morgan fingerprint density at radius 1 is 1.53 bits per heavy atom. The fourth-order valence-corrected chi connectivity index (χ4v) is 2.10. The summed E-state index contributed by atoms with van der Waals surface area (Å²) in [4.78, 5) is 16.1. The highest BCUT2D eigenvalue weighted by atomic mass is 32.1. The molecule has 0 saturated carbocycles. The second-order valence-electron chi connectivity index (χ2n) is 3.50. The van der Waals surface area contributed by atoms with Crippen molar-refractivity contribution in [3.63, 3.8) is 0 Å². The Balaban J connectivity index is 2.18. The Kier molecular flexibility index (Phi) is 4.71. The molecule has 3 N–H and O–H groups in total. The monoisotopic (exact) mass is 227 g/mol. The van der Waals surface area contributed by atoms with Gasteiger partial charge in [-0.1, -0.05) is 0 Å². The van der Waals surface area contributed by atoms with E-state index in [0.29, 0.717) is 6.42 Å². The molecule has 0 aromatic carbocycles. The predicted octanol–water partition coefficient (Wildman–Crippen LogP) is 1.12. The summed E-state index contributed by atoms with van der Waals surface area (Å²) in [5.74, 6) is -0.238. The molecule has 0 atom stereocenters. The fourth-order valence-electron chi connectivity index (χ4n) is 1.20. The van der Waals surface area contributed by atoms with E-state index in [2.05, 4.69) is 17.2 Å². The van der Waals surface area contributed by atoms with Crippen LogP contribution in [0.15, 0.2) is 0 Å². The van der Waals surface area contributed by atoms with Gasteiger partial charge in [-0.2, -0.15) is 0 Å². The van der Waals surface area contributed by atoms with E-state index >= 15 is 0 Å². The van der Waals surface area contributed by atoms with Crippen LogP contribution in [0.1, 0.15) is 28.4 Å². The van der Waals surface area contributed by atoms with Gasteiger partial charge in [-0.05, 0) is 26.8 Å². The first kappa shape index (κ1) is 12.1. The molecule has 1 heterocycles. The number of nitrogens with one attached hydrogen (secondary N) is 1. The van der Waals surface area contributed by atoms with Gasteiger partial charge in [-0.15, -0.1) is 11.3 Å². The minimum Gasteiger partial charge on any atom is -0.370 e. The molecule has 0 saturated heterocycles. The van der Waals surface area contributed by atoms with Gasteiger partial charge < -0.3 is 11.1 Å². The Labute approximate surface area is 93.9 Å². The lowest BCUT2D eigenvalue weighted by molar-refractivity contribution is -0.118. The quantitative estimate of drug-likeness (QED) is 0.715. The van der Waals surface area contributed by atoms with E-state index in [-0.39, 0.29) is 5.91 Å². The number of nitrogens with two attached hydrogens (primary N) is 1. The Morgan fingerprint density at radius 3 is 2.80 bits per heavy atom. The predicted molar refractivity (Wildman–Crippen MR) is 61.7 cm³/mol. The number of hydrogen-bond acceptors (Lipinski definition) is 4. The van der Waals surface area contributed by atoms with Crippen molar-refractivity contribution in [3.8, 4) is 0 Å². The first-order valence-electron chi connectivity index (χ1n) is 5.01. The average molecular weight is 227 g/mol. The van der Waals surface area contributed by atoms with Gasteiger partial charge >= 0.3 is 0 Å². The zero-order valence-corrected chi connectivity index (χ0v) is 9.99. The highest BCUT2D eigenvalue weighted by Gasteiger charge is 2.02. The summed E-state index contributed by atoms with van der Waals surface area (Å²) in [5, 5.41) is 4.34. The highest BCUT2D eigenvalue weighted by Crippen LogP contribution is 2.15. The molecule has 0 radical (unpaired) electrons. The van der Waals surface area contributed by atoms with Gasteiger partial charge in [-0.3, -0.25) is 4.79 Å². The maximum absolute atomic E-state index is 10.5. The number of nitrogens with zero attached hydrogens (tertiary/aromatic N) is 1. The summed E-state index contributed by atoms with van der Waals surface area (Å²) in [6.07, 6.45) is 1.24. The second-order valence-corrected chi connectivity index (χ2v) is 4.78. The SMILES string of the molecule is Cc1nc(CNCCCC(N)=O)sc1C. The standard InChI is InChI=1S/C10H17N3OS/c1-7-8(2)15-10(13-7)6-12-5-3-4-9(11)14/h12H,3-6H2,1-2H3,(H2,11,14). The number of primary amides is 1. The van der Waals surface area contributed by atoms with E-state index < -0.39 is 0 Å². The summed E-state index contributed by atoms with van der Waals surface area (Å²) in [6.45, 7) is 5.67. The van der Waals surface area contributed by atoms with Gasteiger partial charge in [0.25, 0.3) is 0 Å². The van der Waals surface area contributed by atoms with E-state index in [0.717, 1.165) is 30.2 Å². The van der Waals surface area contributed by atoms with E-state index in [1.807, 2.05) is 6.92 Å². The van der Waals surface area contributed by atoms with Crippen LogP contribution in [0.3, 0.4) is 0 Å². The Hall–Kier alpha value is -0.940. The number of carbonyl (C=O) groups excluding carboxylic acids is 1. The largest absolute Gasteiger partial charge is 0.370 e. The summed E-state index contributed by atoms with van der Waals surface area (Å²) >= 11 is 1.71. The maximum atomic E-state index is 10.5. The Morgan fingerprint density at radius 2 is 2.27 bits per heavy atom. The number of carbonyl (C=O) groups is 1. The number of aryl methyl sites for hydroxylation is 2. The molecule has 84 valence electrons. The highest BCUT2D eigenvalue weighted by molar-refractivity contribution is 7.11. The molecule has 0 fully saturated rings. The molecule has 0 aliphatic heterocycles. The van der Waals surface area contributed by atoms with Crippen LogP contribution in [0.5, 0.6) is 0 Å². The number of hydrogen-bond donors (Lipinski definition) is 2. The molecular formula is C10H17N3OS. The van der Waals surface area contributed by atoms with Crippen LogP contribution >= 0.6 is 11.3 Å². The van der Waals surface area contributed by atoms with Crippen LogP contribution in [-0.4, -0.2) is 17.4 Å². The van der Waals surface area contributed by atoms with Crippen molar-refractivity contribution >= 4 is 17.2 Å². The third-order valence-corrected chi connectivity index (χ3v) is 3.20. The van der Waals surface area contributed by atoms with E-state index in [1.54, 1.807) is 11.3 Å². The first-order valence-corrected chi connectivity index (χ1v) is 5.83. The van der Waals surface area contributed by atoms with Crippen LogP contribution in [0.2, 0.25) is 0 Å². The zero-order valence-electron chi connectivity index (χ0n) is 9.17. The molecule has 0 aliphatic carbocycles. The van der Waals surface area contributed by atoms with Gasteiger partial charge in [-0.25, -0.2) is 4.98 Å². The number of rotatable bonds is 6. The second kappa shape index (κ2) is 5.82. The van der Waals surface area contributed by atoms with Crippen LogP contribution in [-0.2, 0) is 11.3 Å². The van der Waals surface area contributed by atoms with Crippen LogP contribution < -0.4 is 11.1 Å². The fraction of sp³-hybridized carbons (Fsp3) is 0.600. The van der Waals surface area contributed by atoms with Crippen LogP contribution in [0.25, 0.3) is 0 Å². The molecule has 0 aliphatic rings. The minimum absolute atomic E-state index is 0.238. The molecule has 0 unspecified atom stereocenters. The lowest BCUT2D eigenvalue weighted by Gasteiger charge is -2.00. The van der Waals surface area contributed by atoms with Gasteiger partial charge in [0.1, 0.15) is 5.01 Å². The Bertz CT molecular complexity index is 316. The van der Waals surface area contributed by atoms with Crippen molar-refractivity contribution in [3.05, 3.63) is 15.6 Å². The van der Waals surface area contributed by atoms with Crippen molar-refractivity contribution in [1.82, 2.24) is 10.3 Å². The molecule has 1 rings (SSSR count). The van der Waals surface area contributed by atoms with Crippen LogP contribution in [0.4, 0.5) is 0 Å². The van der Waals surface area contributed by atoms with Crippen molar-refractivity contribution < 1.29 is 4.79 Å². The molecule has 5 heteroatoms. The van der Waals surface area contributed by atoms with Crippen molar-refractivity contribution in [2.45, 2.75) is 33.2 Å². The number of amides is 1. The molecule has 4 nitrogen and oxygen atoms in total. The molecule has 15 heavy (non-hydrogen) atoms. The third-order valence-electron chi connectivity index (χ3n) is 2.13. The van der Waals surface area contributed by atoms with Gasteiger partial charge in [0.15, 0.2) is 0 Å². The average Bonchev–Trinajstić information content (AvgIpc) is 2.45. The van der Waals surface area contributed by atoms with Crippen molar-refractivity contribution in [2.24, 2.45) is 5.73 Å². The van der Waals surface area contributed by atoms with Gasteiger partial charge in [0.2, 0.25) is 5.91 Å². The van der Waals surface area contributed by atoms with Crippen LogP contribution in [0, 0.1) is 13.8 Å². The molecule has 1 amide bonds. The van der Waals surface area contributed by atoms with Crippen molar-refractivity contribution in [2.75, 3.05) is 6.54 Å². The minimum atomic E-state index is -0.238. The lowest BCUT2D eigenvalue weighted by atomic mass is 10.3. The van der Waals surface area contributed by atoms with E-state index in [1.165, 1.54) is 4.88 Å². The van der Waals surface area contributed by atoms with Gasteiger partial charge in [0, 0.05) is 17.8 Å². The number of thiazole rings is 1. The summed E-state index contributed by atoms with van der Waals surface area (Å²) in [6, 6.07) is 0. The first-order chi connectivity index (χ1) is 7.09. The normalized spacial score (nSPS) is 10.5. The summed E-state index contributed by atoms with van der Waals surface area (Å²) in [7, 11) is 0. The molecule has 1 aromatic heterocycles.